The lowest BCUT2D eigenvalue weighted by Crippen LogP contribution is -2.56. The molecular formula is C18H22N2O4. The molecular weight excluding hydrogens is 308 g/mol. The second-order valence-corrected chi connectivity index (χ2v) is 6.56. The first-order valence-corrected chi connectivity index (χ1v) is 8.36. The van der Waals surface area contributed by atoms with Gasteiger partial charge in [-0.05, 0) is 37.8 Å². The van der Waals surface area contributed by atoms with Crippen LogP contribution >= 0.6 is 0 Å². The van der Waals surface area contributed by atoms with Crippen molar-refractivity contribution < 1.29 is 19.5 Å². The van der Waals surface area contributed by atoms with Gasteiger partial charge in [0.25, 0.3) is 0 Å². The number of hydrogen-bond donors (Lipinski definition) is 1. The zero-order valence-corrected chi connectivity index (χ0v) is 13.7. The van der Waals surface area contributed by atoms with Crippen LogP contribution in [-0.2, 0) is 14.4 Å². The van der Waals surface area contributed by atoms with Crippen molar-refractivity contribution in [2.24, 2.45) is 11.8 Å². The average molecular weight is 330 g/mol. The van der Waals surface area contributed by atoms with Gasteiger partial charge < -0.3 is 14.9 Å². The summed E-state index contributed by atoms with van der Waals surface area (Å²) in [6.45, 7) is 0.641. The molecule has 0 bridgehead atoms. The number of amides is 2. The lowest BCUT2D eigenvalue weighted by Gasteiger charge is -2.41. The van der Waals surface area contributed by atoms with Gasteiger partial charge in [-0.25, -0.2) is 0 Å². The van der Waals surface area contributed by atoms with Crippen molar-refractivity contribution in [2.45, 2.75) is 31.7 Å². The number of rotatable bonds is 4. The van der Waals surface area contributed by atoms with Gasteiger partial charge in [-0.15, -0.1) is 0 Å². The van der Waals surface area contributed by atoms with E-state index in [1.165, 1.54) is 4.90 Å². The summed E-state index contributed by atoms with van der Waals surface area (Å²) < 4.78 is 0. The molecule has 3 rings (SSSR count). The Labute approximate surface area is 141 Å². The minimum absolute atomic E-state index is 0.0884. The highest BCUT2D eigenvalue weighted by Crippen LogP contribution is 2.36. The molecule has 128 valence electrons. The second-order valence-electron chi connectivity index (χ2n) is 6.56. The molecule has 1 aromatic rings. The summed E-state index contributed by atoms with van der Waals surface area (Å²) in [5.74, 6) is -2.33. The first-order valence-electron chi connectivity index (χ1n) is 8.36. The van der Waals surface area contributed by atoms with E-state index in [1.54, 1.807) is 11.9 Å². The van der Waals surface area contributed by atoms with E-state index in [2.05, 4.69) is 0 Å². The molecule has 2 fully saturated rings. The van der Waals surface area contributed by atoms with E-state index in [-0.39, 0.29) is 11.8 Å². The number of carboxylic acid groups (broad SMARTS) is 1. The smallest absolute Gasteiger partial charge is 0.307 e. The number of carbonyl (C=O) groups is 3. The number of piperidine rings is 1. The molecule has 2 aliphatic rings. The van der Waals surface area contributed by atoms with Crippen LogP contribution in [0.15, 0.2) is 30.3 Å². The number of hydrogen-bond acceptors (Lipinski definition) is 3. The molecule has 0 spiro atoms. The average Bonchev–Trinajstić information content (AvgIpc) is 2.53. The summed E-state index contributed by atoms with van der Waals surface area (Å²) in [5.41, 5.74) is 0.833. The van der Waals surface area contributed by atoms with E-state index in [9.17, 15) is 14.4 Å². The normalized spacial score (nSPS) is 26.6. The fraction of sp³-hybridized carbons (Fsp3) is 0.500. The van der Waals surface area contributed by atoms with E-state index >= 15 is 0 Å². The first-order chi connectivity index (χ1) is 11.5. The van der Waals surface area contributed by atoms with Gasteiger partial charge in [-0.1, -0.05) is 18.2 Å². The van der Waals surface area contributed by atoms with Gasteiger partial charge in [0.05, 0.1) is 11.8 Å². The van der Waals surface area contributed by atoms with Crippen LogP contribution < -0.4 is 4.90 Å². The summed E-state index contributed by atoms with van der Waals surface area (Å²) in [7, 11) is 1.62. The predicted molar refractivity (Wildman–Crippen MR) is 88.4 cm³/mol. The van der Waals surface area contributed by atoms with Crippen LogP contribution in [0.4, 0.5) is 5.69 Å². The molecule has 3 unspecified atom stereocenters. The van der Waals surface area contributed by atoms with Crippen molar-refractivity contribution in [3.63, 3.8) is 0 Å². The summed E-state index contributed by atoms with van der Waals surface area (Å²) >= 11 is 0. The van der Waals surface area contributed by atoms with Crippen LogP contribution in [0.3, 0.4) is 0 Å². The Balaban J connectivity index is 1.72. The zero-order valence-electron chi connectivity index (χ0n) is 13.7. The number of benzene rings is 1. The maximum absolute atomic E-state index is 12.8. The van der Waals surface area contributed by atoms with Gasteiger partial charge in [0.1, 0.15) is 6.04 Å². The number of para-hydroxylation sites is 1. The van der Waals surface area contributed by atoms with E-state index in [0.29, 0.717) is 25.8 Å². The van der Waals surface area contributed by atoms with E-state index in [4.69, 9.17) is 5.11 Å². The molecule has 1 aliphatic heterocycles. The van der Waals surface area contributed by atoms with Crippen LogP contribution in [0.1, 0.15) is 25.7 Å². The number of carbonyl (C=O) groups excluding carboxylic acids is 2. The molecule has 1 heterocycles. The Bertz CT molecular complexity index is 646. The van der Waals surface area contributed by atoms with Crippen LogP contribution in [-0.4, -0.2) is 47.4 Å². The molecule has 0 radical (unpaired) electrons. The predicted octanol–water partition coefficient (Wildman–Crippen LogP) is 1.75. The Kier molecular flexibility index (Phi) is 4.55. The molecule has 1 N–H and O–H groups in total. The minimum Gasteiger partial charge on any atom is -0.481 e. The molecule has 1 saturated heterocycles. The quantitative estimate of drug-likeness (QED) is 0.912. The number of anilines is 1. The van der Waals surface area contributed by atoms with Gasteiger partial charge in [0, 0.05) is 19.3 Å². The minimum atomic E-state index is -0.922. The molecule has 1 aromatic carbocycles. The Hall–Kier alpha value is -2.37. The zero-order chi connectivity index (χ0) is 17.3. The highest BCUT2D eigenvalue weighted by Gasteiger charge is 2.45. The Morgan fingerprint density at radius 3 is 2.38 bits per heavy atom. The van der Waals surface area contributed by atoms with Crippen molar-refractivity contribution in [2.75, 3.05) is 18.5 Å². The SMILES string of the molecule is CN(C(=O)C1CCC1C(=O)O)C1CCCN(c2ccccc2)C1=O. The standard InChI is InChI=1S/C18H22N2O4/c1-19(16(21)13-9-10-14(13)18(23)24)15-8-5-11-20(17(15)22)12-6-3-2-4-7-12/h2-4,6-7,13-15H,5,8-11H2,1H3,(H,23,24). The Morgan fingerprint density at radius 1 is 1.12 bits per heavy atom. The summed E-state index contributed by atoms with van der Waals surface area (Å²) in [4.78, 5) is 39.8. The molecule has 0 aromatic heterocycles. The third-order valence-corrected chi connectivity index (χ3v) is 5.20. The topological polar surface area (TPSA) is 77.9 Å². The van der Waals surface area contributed by atoms with Crippen molar-refractivity contribution >= 4 is 23.5 Å². The second kappa shape index (κ2) is 6.63. The lowest BCUT2D eigenvalue weighted by molar-refractivity contribution is -0.158. The molecule has 2 amide bonds. The highest BCUT2D eigenvalue weighted by molar-refractivity contribution is 6.00. The maximum Gasteiger partial charge on any atom is 0.307 e. The van der Waals surface area contributed by atoms with Crippen LogP contribution in [0, 0.1) is 11.8 Å². The van der Waals surface area contributed by atoms with Crippen molar-refractivity contribution in [1.82, 2.24) is 4.90 Å². The highest BCUT2D eigenvalue weighted by atomic mass is 16.4. The summed E-state index contributed by atoms with van der Waals surface area (Å²) in [6, 6.07) is 8.91. The molecule has 1 aliphatic carbocycles. The molecule has 3 atom stereocenters. The first kappa shape index (κ1) is 16.5. The fourth-order valence-corrected chi connectivity index (χ4v) is 3.59. The monoisotopic (exact) mass is 330 g/mol. The van der Waals surface area contributed by atoms with Crippen molar-refractivity contribution in [3.05, 3.63) is 30.3 Å². The molecule has 24 heavy (non-hydrogen) atoms. The van der Waals surface area contributed by atoms with Gasteiger partial charge in [0.15, 0.2) is 0 Å². The largest absolute Gasteiger partial charge is 0.481 e. The number of likely N-dealkylation sites (N-methyl/N-ethyl adjacent to an activating group) is 1. The van der Waals surface area contributed by atoms with Crippen molar-refractivity contribution in [1.29, 1.82) is 0 Å². The number of carboxylic acids is 1. The van der Waals surface area contributed by atoms with Crippen LogP contribution in [0.5, 0.6) is 0 Å². The van der Waals surface area contributed by atoms with Crippen LogP contribution in [0.2, 0.25) is 0 Å². The number of aliphatic carboxylic acids is 1. The van der Waals surface area contributed by atoms with Crippen LogP contribution in [0.25, 0.3) is 0 Å². The van der Waals surface area contributed by atoms with Crippen molar-refractivity contribution in [3.8, 4) is 0 Å². The van der Waals surface area contributed by atoms with Gasteiger partial charge in [-0.3, -0.25) is 14.4 Å². The molecule has 6 heteroatoms. The van der Waals surface area contributed by atoms with Gasteiger partial charge in [0.2, 0.25) is 11.8 Å². The van der Waals surface area contributed by atoms with E-state index < -0.39 is 23.8 Å². The molecule has 6 nitrogen and oxygen atoms in total. The van der Waals surface area contributed by atoms with Gasteiger partial charge in [-0.2, -0.15) is 0 Å². The van der Waals surface area contributed by atoms with Gasteiger partial charge >= 0.3 is 5.97 Å². The summed E-state index contributed by atoms with van der Waals surface area (Å²) in [6.07, 6.45) is 2.56. The van der Waals surface area contributed by atoms with E-state index in [0.717, 1.165) is 12.1 Å². The lowest BCUT2D eigenvalue weighted by atomic mass is 9.72. The number of nitrogens with zero attached hydrogens (tertiary/aromatic N) is 2. The molecule has 1 saturated carbocycles. The van der Waals surface area contributed by atoms with E-state index in [1.807, 2.05) is 30.3 Å². The maximum atomic E-state index is 12.8. The fourth-order valence-electron chi connectivity index (χ4n) is 3.59. The Morgan fingerprint density at radius 2 is 1.79 bits per heavy atom. The third-order valence-electron chi connectivity index (χ3n) is 5.20. The summed E-state index contributed by atoms with van der Waals surface area (Å²) in [5, 5.41) is 9.14. The third kappa shape index (κ3) is 2.88.